The molecule has 2 aromatic rings. The molecule has 0 radical (unpaired) electrons. The van der Waals surface area contributed by atoms with E-state index in [1.165, 1.54) is 25.4 Å². The first kappa shape index (κ1) is 10.4. The van der Waals surface area contributed by atoms with Gasteiger partial charge in [0.1, 0.15) is 17.1 Å². The number of nitrogens with one attached hydrogen (secondary N) is 1. The predicted molar refractivity (Wildman–Crippen MR) is 57.2 cm³/mol. The maximum absolute atomic E-state index is 13.6. The van der Waals surface area contributed by atoms with Crippen molar-refractivity contribution in [3.63, 3.8) is 0 Å². The molecule has 0 aliphatic rings. The molecular weight excluding hydrogens is 209 g/mol. The number of ketones is 1. The number of rotatable bonds is 3. The van der Waals surface area contributed by atoms with Crippen molar-refractivity contribution >= 4 is 5.78 Å². The minimum Gasteiger partial charge on any atom is -0.496 e. The second-order valence-corrected chi connectivity index (χ2v) is 3.25. The molecule has 0 fully saturated rings. The summed E-state index contributed by atoms with van der Waals surface area (Å²) in [5, 5.41) is 0. The third kappa shape index (κ3) is 1.69. The van der Waals surface area contributed by atoms with Gasteiger partial charge >= 0.3 is 0 Å². The van der Waals surface area contributed by atoms with Crippen LogP contribution in [0.25, 0.3) is 0 Å². The smallest absolute Gasteiger partial charge is 0.201 e. The minimum atomic E-state index is -0.578. The molecule has 0 saturated heterocycles. The number of aromatic nitrogens is 1. The molecule has 3 nitrogen and oxygen atoms in total. The zero-order valence-corrected chi connectivity index (χ0v) is 8.66. The van der Waals surface area contributed by atoms with Gasteiger partial charge in [-0.15, -0.1) is 0 Å². The second kappa shape index (κ2) is 4.18. The van der Waals surface area contributed by atoms with Crippen LogP contribution in [0.2, 0.25) is 0 Å². The van der Waals surface area contributed by atoms with E-state index in [4.69, 9.17) is 4.74 Å². The van der Waals surface area contributed by atoms with Crippen molar-refractivity contribution in [3.05, 3.63) is 53.6 Å². The van der Waals surface area contributed by atoms with Crippen molar-refractivity contribution in [1.82, 2.24) is 4.98 Å². The number of benzene rings is 1. The van der Waals surface area contributed by atoms with Crippen LogP contribution in [0.5, 0.6) is 5.75 Å². The van der Waals surface area contributed by atoms with Gasteiger partial charge in [-0.3, -0.25) is 4.79 Å². The molecule has 1 N–H and O–H groups in total. The van der Waals surface area contributed by atoms with Gasteiger partial charge in [-0.25, -0.2) is 4.39 Å². The fraction of sp³-hybridized carbons (Fsp3) is 0.0833. The van der Waals surface area contributed by atoms with Crippen LogP contribution in [0.4, 0.5) is 4.39 Å². The summed E-state index contributed by atoms with van der Waals surface area (Å²) < 4.78 is 18.5. The van der Waals surface area contributed by atoms with E-state index in [-0.39, 0.29) is 11.3 Å². The molecule has 4 heteroatoms. The van der Waals surface area contributed by atoms with Gasteiger partial charge in [0.15, 0.2) is 0 Å². The lowest BCUT2D eigenvalue weighted by atomic mass is 10.0. The standard InChI is InChI=1S/C12H10FNO2/c1-16-10-4-2-3-9(13)11(10)12(15)8-5-6-14-7-8/h2-7,14H,1H3. The third-order valence-electron chi connectivity index (χ3n) is 2.28. The van der Waals surface area contributed by atoms with Gasteiger partial charge in [-0.05, 0) is 18.2 Å². The van der Waals surface area contributed by atoms with Crippen molar-refractivity contribution in [3.8, 4) is 5.75 Å². The largest absolute Gasteiger partial charge is 0.496 e. The van der Waals surface area contributed by atoms with Crippen LogP contribution < -0.4 is 4.74 Å². The first-order chi connectivity index (χ1) is 7.74. The Balaban J connectivity index is 2.51. The highest BCUT2D eigenvalue weighted by Crippen LogP contribution is 2.24. The predicted octanol–water partition coefficient (Wildman–Crippen LogP) is 2.39. The molecule has 0 aliphatic heterocycles. The van der Waals surface area contributed by atoms with Gasteiger partial charge in [0, 0.05) is 18.0 Å². The SMILES string of the molecule is COc1cccc(F)c1C(=O)c1cc[nH]c1. The van der Waals surface area contributed by atoms with E-state index in [1.807, 2.05) is 0 Å². The van der Waals surface area contributed by atoms with Gasteiger partial charge < -0.3 is 9.72 Å². The summed E-state index contributed by atoms with van der Waals surface area (Å²) in [6.45, 7) is 0. The second-order valence-electron chi connectivity index (χ2n) is 3.25. The molecule has 1 aromatic heterocycles. The zero-order valence-electron chi connectivity index (χ0n) is 8.66. The first-order valence-corrected chi connectivity index (χ1v) is 4.74. The topological polar surface area (TPSA) is 42.1 Å². The Morgan fingerprint density at radius 1 is 1.38 bits per heavy atom. The molecule has 82 valence electrons. The monoisotopic (exact) mass is 219 g/mol. The Hall–Kier alpha value is -2.10. The van der Waals surface area contributed by atoms with Gasteiger partial charge in [0.2, 0.25) is 5.78 Å². The maximum atomic E-state index is 13.6. The molecule has 0 spiro atoms. The van der Waals surface area contributed by atoms with Crippen LogP contribution in [-0.4, -0.2) is 17.9 Å². The zero-order chi connectivity index (χ0) is 11.5. The van der Waals surface area contributed by atoms with E-state index in [0.29, 0.717) is 5.56 Å². The highest BCUT2D eigenvalue weighted by molar-refractivity contribution is 6.10. The summed E-state index contributed by atoms with van der Waals surface area (Å²) >= 11 is 0. The van der Waals surface area contributed by atoms with E-state index in [1.54, 1.807) is 18.3 Å². The van der Waals surface area contributed by atoms with Crippen LogP contribution >= 0.6 is 0 Å². The molecule has 2 rings (SSSR count). The van der Waals surface area contributed by atoms with E-state index in [2.05, 4.69) is 4.98 Å². The van der Waals surface area contributed by atoms with Crippen LogP contribution in [0.1, 0.15) is 15.9 Å². The number of ether oxygens (including phenoxy) is 1. The Kier molecular flexibility index (Phi) is 2.72. The molecule has 0 unspecified atom stereocenters. The molecule has 0 amide bonds. The number of methoxy groups -OCH3 is 1. The van der Waals surface area contributed by atoms with Crippen LogP contribution in [0, 0.1) is 5.82 Å². The minimum absolute atomic E-state index is 0.0374. The van der Waals surface area contributed by atoms with Crippen molar-refractivity contribution in [2.75, 3.05) is 7.11 Å². The van der Waals surface area contributed by atoms with E-state index < -0.39 is 11.6 Å². The number of hydrogen-bond acceptors (Lipinski definition) is 2. The summed E-state index contributed by atoms with van der Waals surface area (Å²) in [7, 11) is 1.41. The summed E-state index contributed by atoms with van der Waals surface area (Å²) in [6.07, 6.45) is 3.13. The van der Waals surface area contributed by atoms with Crippen molar-refractivity contribution in [2.45, 2.75) is 0 Å². The summed E-state index contributed by atoms with van der Waals surface area (Å²) in [6, 6.07) is 5.89. The van der Waals surface area contributed by atoms with E-state index >= 15 is 0 Å². The van der Waals surface area contributed by atoms with Gasteiger partial charge in [0.05, 0.1) is 7.11 Å². The maximum Gasteiger partial charge on any atom is 0.201 e. The van der Waals surface area contributed by atoms with Crippen LogP contribution in [0.15, 0.2) is 36.7 Å². The Morgan fingerprint density at radius 2 is 2.19 bits per heavy atom. The van der Waals surface area contributed by atoms with Gasteiger partial charge in [-0.2, -0.15) is 0 Å². The normalized spacial score (nSPS) is 10.1. The fourth-order valence-electron chi connectivity index (χ4n) is 1.50. The number of carbonyl (C=O) groups is 1. The molecule has 1 aromatic carbocycles. The van der Waals surface area contributed by atoms with Crippen molar-refractivity contribution < 1.29 is 13.9 Å². The lowest BCUT2D eigenvalue weighted by Gasteiger charge is -2.07. The van der Waals surface area contributed by atoms with Crippen molar-refractivity contribution in [1.29, 1.82) is 0 Å². The lowest BCUT2D eigenvalue weighted by Crippen LogP contribution is -2.05. The molecule has 16 heavy (non-hydrogen) atoms. The average Bonchev–Trinajstić information content (AvgIpc) is 2.81. The molecule has 0 bridgehead atoms. The third-order valence-corrected chi connectivity index (χ3v) is 2.28. The highest BCUT2D eigenvalue weighted by Gasteiger charge is 2.19. The first-order valence-electron chi connectivity index (χ1n) is 4.74. The number of carbonyl (C=O) groups excluding carboxylic acids is 1. The summed E-state index contributed by atoms with van der Waals surface area (Å²) in [4.78, 5) is 14.7. The Bertz CT molecular complexity index is 506. The van der Waals surface area contributed by atoms with E-state index in [9.17, 15) is 9.18 Å². The van der Waals surface area contributed by atoms with Crippen LogP contribution in [0.3, 0.4) is 0 Å². The Labute approximate surface area is 91.9 Å². The molecule has 0 atom stereocenters. The van der Waals surface area contributed by atoms with E-state index in [0.717, 1.165) is 0 Å². The molecular formula is C12H10FNO2. The summed E-state index contributed by atoms with van der Waals surface area (Å²) in [5.41, 5.74) is 0.369. The number of H-pyrrole nitrogens is 1. The fourth-order valence-corrected chi connectivity index (χ4v) is 1.50. The molecule has 0 saturated carbocycles. The lowest BCUT2D eigenvalue weighted by molar-refractivity contribution is 0.103. The van der Waals surface area contributed by atoms with Crippen LogP contribution in [-0.2, 0) is 0 Å². The number of aromatic amines is 1. The number of halogens is 1. The average molecular weight is 219 g/mol. The van der Waals surface area contributed by atoms with Gasteiger partial charge in [-0.1, -0.05) is 6.07 Å². The highest BCUT2D eigenvalue weighted by atomic mass is 19.1. The van der Waals surface area contributed by atoms with Gasteiger partial charge in [0.25, 0.3) is 0 Å². The Morgan fingerprint density at radius 3 is 2.81 bits per heavy atom. The number of hydrogen-bond donors (Lipinski definition) is 1. The molecule has 0 aliphatic carbocycles. The summed E-state index contributed by atoms with van der Waals surface area (Å²) in [5.74, 6) is -0.729. The molecule has 1 heterocycles. The quantitative estimate of drug-likeness (QED) is 0.805. The van der Waals surface area contributed by atoms with Crippen molar-refractivity contribution in [2.24, 2.45) is 0 Å².